The predicted octanol–water partition coefficient (Wildman–Crippen LogP) is 1.47. The minimum absolute atomic E-state index is 0.0524. The van der Waals surface area contributed by atoms with Gasteiger partial charge in [-0.2, -0.15) is 0 Å². The maximum atomic E-state index is 12.8. The van der Waals surface area contributed by atoms with E-state index in [0.29, 0.717) is 17.1 Å². The highest BCUT2D eigenvalue weighted by Crippen LogP contribution is 2.34. The first-order chi connectivity index (χ1) is 12.4. The van der Waals surface area contributed by atoms with Crippen LogP contribution in [-0.2, 0) is 19.4 Å². The summed E-state index contributed by atoms with van der Waals surface area (Å²) >= 11 is 0. The van der Waals surface area contributed by atoms with Gasteiger partial charge in [0.1, 0.15) is 0 Å². The van der Waals surface area contributed by atoms with E-state index in [-0.39, 0.29) is 11.7 Å². The Labute approximate surface area is 151 Å². The first kappa shape index (κ1) is 18.2. The van der Waals surface area contributed by atoms with Gasteiger partial charge in [0.05, 0.1) is 23.7 Å². The Bertz CT molecular complexity index is 897. The molecular weight excluding hydrogens is 358 g/mol. The van der Waals surface area contributed by atoms with Crippen LogP contribution in [0.15, 0.2) is 53.4 Å². The van der Waals surface area contributed by atoms with E-state index in [1.54, 1.807) is 30.3 Å². The summed E-state index contributed by atoms with van der Waals surface area (Å²) in [5.74, 6) is -1.02. The van der Waals surface area contributed by atoms with Crippen molar-refractivity contribution in [2.24, 2.45) is 5.73 Å². The molecule has 1 aliphatic rings. The summed E-state index contributed by atoms with van der Waals surface area (Å²) in [6.45, 7) is 0.0524. The molecule has 0 bridgehead atoms. The van der Waals surface area contributed by atoms with Gasteiger partial charge in [-0.15, -0.1) is 0 Å². The maximum absolute atomic E-state index is 12.8. The van der Waals surface area contributed by atoms with Crippen LogP contribution in [-0.4, -0.2) is 40.1 Å². The van der Waals surface area contributed by atoms with E-state index in [1.165, 1.54) is 25.3 Å². The molecule has 2 N–H and O–H groups in total. The zero-order valence-electron chi connectivity index (χ0n) is 14.1. The second-order valence-corrected chi connectivity index (χ2v) is 7.91. The highest BCUT2D eigenvalue weighted by atomic mass is 32.2. The van der Waals surface area contributed by atoms with Crippen molar-refractivity contribution >= 4 is 15.8 Å². The van der Waals surface area contributed by atoms with Crippen LogP contribution in [0.5, 0.6) is 11.5 Å². The van der Waals surface area contributed by atoms with E-state index in [0.717, 1.165) is 0 Å². The number of carbonyl (C=O) groups excluding carboxylic acids is 1. The van der Waals surface area contributed by atoms with Crippen molar-refractivity contribution < 1.29 is 27.4 Å². The molecular formula is C18H19NO6S. The summed E-state index contributed by atoms with van der Waals surface area (Å²) in [6.07, 6.45) is 0. The van der Waals surface area contributed by atoms with Crippen LogP contribution < -0.4 is 15.2 Å². The van der Waals surface area contributed by atoms with Crippen LogP contribution in [0.25, 0.3) is 0 Å². The third-order valence-corrected chi connectivity index (χ3v) is 5.95. The van der Waals surface area contributed by atoms with Gasteiger partial charge in [0, 0.05) is 12.1 Å². The number of fused-ring (bicyclic) bond motifs is 1. The van der Waals surface area contributed by atoms with Gasteiger partial charge < -0.3 is 19.9 Å². The van der Waals surface area contributed by atoms with Gasteiger partial charge in [0.2, 0.25) is 6.79 Å². The number of rotatable bonds is 6. The number of hydrogen-bond acceptors (Lipinski definition) is 7. The molecule has 0 fully saturated rings. The number of methoxy groups -OCH3 is 1. The van der Waals surface area contributed by atoms with E-state index in [2.05, 4.69) is 0 Å². The topological polar surface area (TPSA) is 105 Å². The Morgan fingerprint density at radius 3 is 2.54 bits per heavy atom. The molecule has 0 radical (unpaired) electrons. The van der Waals surface area contributed by atoms with Crippen LogP contribution in [0.1, 0.15) is 11.5 Å². The van der Waals surface area contributed by atoms with Crippen molar-refractivity contribution in [2.45, 2.75) is 16.9 Å². The molecule has 8 heteroatoms. The molecule has 2 unspecified atom stereocenters. The zero-order chi connectivity index (χ0) is 18.7. The van der Waals surface area contributed by atoms with Gasteiger partial charge in [-0.1, -0.05) is 30.3 Å². The average molecular weight is 377 g/mol. The lowest BCUT2D eigenvalue weighted by Gasteiger charge is -2.22. The molecule has 1 aliphatic heterocycles. The Balaban J connectivity index is 1.86. The smallest absolute Gasteiger partial charge is 0.314 e. The molecule has 0 saturated carbocycles. The number of ether oxygens (including phenoxy) is 3. The quantitative estimate of drug-likeness (QED) is 0.760. The fourth-order valence-corrected chi connectivity index (χ4v) is 4.32. The monoisotopic (exact) mass is 377 g/mol. The highest BCUT2D eigenvalue weighted by molar-refractivity contribution is 7.91. The fourth-order valence-electron chi connectivity index (χ4n) is 2.86. The lowest BCUT2D eigenvalue weighted by Crippen LogP contribution is -2.40. The third kappa shape index (κ3) is 3.66. The molecule has 0 saturated heterocycles. The maximum Gasteiger partial charge on any atom is 0.314 e. The van der Waals surface area contributed by atoms with E-state index in [9.17, 15) is 13.2 Å². The van der Waals surface area contributed by atoms with E-state index < -0.39 is 33.5 Å². The van der Waals surface area contributed by atoms with Crippen molar-refractivity contribution in [1.82, 2.24) is 0 Å². The molecule has 1 heterocycles. The molecule has 26 heavy (non-hydrogen) atoms. The first-order valence-corrected chi connectivity index (χ1v) is 9.58. The summed E-state index contributed by atoms with van der Waals surface area (Å²) in [7, 11) is -2.50. The van der Waals surface area contributed by atoms with Gasteiger partial charge in [-0.25, -0.2) is 8.42 Å². The minimum atomic E-state index is -3.74. The summed E-state index contributed by atoms with van der Waals surface area (Å²) in [4.78, 5) is 12.3. The van der Waals surface area contributed by atoms with Crippen LogP contribution >= 0.6 is 0 Å². The normalized spacial score (nSPS) is 15.3. The predicted molar refractivity (Wildman–Crippen MR) is 93.8 cm³/mol. The Morgan fingerprint density at radius 1 is 1.15 bits per heavy atom. The molecule has 2 aromatic rings. The van der Waals surface area contributed by atoms with Crippen molar-refractivity contribution in [3.05, 3.63) is 54.1 Å². The largest absolute Gasteiger partial charge is 0.469 e. The van der Waals surface area contributed by atoms with E-state index in [4.69, 9.17) is 19.9 Å². The Kier molecular flexibility index (Phi) is 5.15. The van der Waals surface area contributed by atoms with Crippen LogP contribution in [0.4, 0.5) is 0 Å². The number of carbonyl (C=O) groups is 1. The molecule has 3 rings (SSSR count). The van der Waals surface area contributed by atoms with Crippen molar-refractivity contribution in [3.8, 4) is 11.5 Å². The van der Waals surface area contributed by atoms with Gasteiger partial charge in [-0.3, -0.25) is 4.79 Å². The highest BCUT2D eigenvalue weighted by Gasteiger charge is 2.33. The standard InChI is InChI=1S/C18H19NO6S/c1-23-18(20)17(12-5-3-2-4-6-12)14(19)10-26(21,22)13-7-8-15-16(9-13)25-11-24-15/h2-9,14,17H,10-11,19H2,1H3. The van der Waals surface area contributed by atoms with Crippen molar-refractivity contribution in [2.75, 3.05) is 19.7 Å². The average Bonchev–Trinajstić information content (AvgIpc) is 3.10. The van der Waals surface area contributed by atoms with Gasteiger partial charge in [-0.05, 0) is 17.7 Å². The fraction of sp³-hybridized carbons (Fsp3) is 0.278. The Hall–Kier alpha value is -2.58. The number of hydrogen-bond donors (Lipinski definition) is 1. The van der Waals surface area contributed by atoms with E-state index in [1.807, 2.05) is 0 Å². The number of benzene rings is 2. The van der Waals surface area contributed by atoms with Crippen LogP contribution in [0, 0.1) is 0 Å². The molecule has 0 aromatic heterocycles. The van der Waals surface area contributed by atoms with Gasteiger partial charge in [0.25, 0.3) is 0 Å². The molecule has 0 spiro atoms. The summed E-state index contributed by atoms with van der Waals surface area (Å²) < 4.78 is 40.7. The minimum Gasteiger partial charge on any atom is -0.469 e. The van der Waals surface area contributed by atoms with Gasteiger partial charge >= 0.3 is 5.97 Å². The van der Waals surface area contributed by atoms with Crippen molar-refractivity contribution in [1.29, 1.82) is 0 Å². The van der Waals surface area contributed by atoms with Crippen LogP contribution in [0.3, 0.4) is 0 Å². The van der Waals surface area contributed by atoms with E-state index >= 15 is 0 Å². The lowest BCUT2D eigenvalue weighted by molar-refractivity contribution is -0.142. The molecule has 0 aliphatic carbocycles. The number of sulfone groups is 1. The summed E-state index contributed by atoms with van der Waals surface area (Å²) in [5.41, 5.74) is 6.73. The molecule has 2 atom stereocenters. The van der Waals surface area contributed by atoms with Gasteiger partial charge in [0.15, 0.2) is 21.3 Å². The SMILES string of the molecule is COC(=O)C(c1ccccc1)C(N)CS(=O)(=O)c1ccc2c(c1)OCO2. The molecule has 0 amide bonds. The lowest BCUT2D eigenvalue weighted by atomic mass is 9.93. The number of nitrogens with two attached hydrogens (primary N) is 1. The second-order valence-electron chi connectivity index (χ2n) is 5.87. The summed E-state index contributed by atoms with van der Waals surface area (Å²) in [6, 6.07) is 12.1. The van der Waals surface area contributed by atoms with Crippen molar-refractivity contribution in [3.63, 3.8) is 0 Å². The number of esters is 1. The molecule has 2 aromatic carbocycles. The Morgan fingerprint density at radius 2 is 1.85 bits per heavy atom. The molecule has 138 valence electrons. The first-order valence-electron chi connectivity index (χ1n) is 7.93. The summed E-state index contributed by atoms with van der Waals surface area (Å²) in [5, 5.41) is 0. The zero-order valence-corrected chi connectivity index (χ0v) is 14.9. The van der Waals surface area contributed by atoms with Crippen LogP contribution in [0.2, 0.25) is 0 Å². The second kappa shape index (κ2) is 7.35. The third-order valence-electron chi connectivity index (χ3n) is 4.16. The molecule has 7 nitrogen and oxygen atoms in total.